The monoisotopic (exact) mass is 275 g/mol. The summed E-state index contributed by atoms with van der Waals surface area (Å²) in [7, 11) is 0. The van der Waals surface area contributed by atoms with Gasteiger partial charge in [-0.3, -0.25) is 4.79 Å². The minimum atomic E-state index is -1.03. The van der Waals surface area contributed by atoms with Crippen molar-refractivity contribution < 1.29 is 19.8 Å². The van der Waals surface area contributed by atoms with Gasteiger partial charge in [0.2, 0.25) is 5.91 Å². The van der Waals surface area contributed by atoms with E-state index >= 15 is 0 Å². The average molecular weight is 275 g/mol. The van der Waals surface area contributed by atoms with E-state index in [1.165, 1.54) is 18.7 Å². The van der Waals surface area contributed by atoms with Gasteiger partial charge < -0.3 is 15.5 Å². The maximum absolute atomic E-state index is 11.0. The molecule has 1 fully saturated rings. The Morgan fingerprint density at radius 2 is 2.00 bits per heavy atom. The van der Waals surface area contributed by atoms with Gasteiger partial charge in [-0.15, -0.1) is 0 Å². The third kappa shape index (κ3) is 5.27. The van der Waals surface area contributed by atoms with Gasteiger partial charge in [-0.1, -0.05) is 19.3 Å². The molecule has 3 atom stereocenters. The Balaban J connectivity index is 2.44. The molecule has 2 unspecified atom stereocenters. The first kappa shape index (κ1) is 15.3. The number of aliphatic carboxylic acids is 1. The Labute approximate surface area is 111 Å². The number of hydrogen-bond donors (Lipinski definition) is 3. The van der Waals surface area contributed by atoms with Crippen molar-refractivity contribution in [2.75, 3.05) is 5.75 Å². The highest BCUT2D eigenvalue weighted by molar-refractivity contribution is 8.00. The molecule has 0 aromatic heterocycles. The largest absolute Gasteiger partial charge is 0.480 e. The standard InChI is InChI=1S/C12H21NO4S/c1-8(14)13-9(12(16)17)7-18-11-6-4-2-3-5-10(11)15/h9-11,15H,2-7H2,1H3,(H,13,14)(H,16,17)/t9-,10?,11?/m0/s1. The number of carbonyl (C=O) groups excluding carboxylic acids is 1. The molecule has 18 heavy (non-hydrogen) atoms. The van der Waals surface area contributed by atoms with Gasteiger partial charge in [0.05, 0.1) is 6.10 Å². The smallest absolute Gasteiger partial charge is 0.327 e. The van der Waals surface area contributed by atoms with Gasteiger partial charge in [0.15, 0.2) is 0 Å². The number of carboxylic acid groups (broad SMARTS) is 1. The maximum atomic E-state index is 11.0. The number of thioether (sulfide) groups is 1. The van der Waals surface area contributed by atoms with Crippen LogP contribution in [-0.4, -0.2) is 45.2 Å². The van der Waals surface area contributed by atoms with Crippen molar-refractivity contribution in [1.29, 1.82) is 0 Å². The molecule has 1 amide bonds. The molecule has 0 aromatic carbocycles. The first-order valence-corrected chi connectivity index (χ1v) is 7.35. The van der Waals surface area contributed by atoms with Gasteiger partial charge in [-0.25, -0.2) is 4.79 Å². The number of carboxylic acids is 1. The topological polar surface area (TPSA) is 86.6 Å². The Morgan fingerprint density at radius 1 is 1.33 bits per heavy atom. The van der Waals surface area contributed by atoms with E-state index in [1.54, 1.807) is 0 Å². The van der Waals surface area contributed by atoms with Crippen LogP contribution < -0.4 is 5.32 Å². The lowest BCUT2D eigenvalue weighted by atomic mass is 10.1. The summed E-state index contributed by atoms with van der Waals surface area (Å²) in [5, 5.41) is 21.4. The number of aliphatic hydroxyl groups is 1. The predicted molar refractivity (Wildman–Crippen MR) is 70.6 cm³/mol. The molecule has 104 valence electrons. The van der Waals surface area contributed by atoms with E-state index < -0.39 is 12.0 Å². The number of rotatable bonds is 5. The van der Waals surface area contributed by atoms with E-state index in [1.807, 2.05) is 0 Å². The second-order valence-corrected chi connectivity index (χ2v) is 5.94. The van der Waals surface area contributed by atoms with Crippen molar-refractivity contribution in [3.05, 3.63) is 0 Å². The minimum Gasteiger partial charge on any atom is -0.480 e. The lowest BCUT2D eigenvalue weighted by molar-refractivity contribution is -0.140. The van der Waals surface area contributed by atoms with Gasteiger partial charge in [-0.2, -0.15) is 11.8 Å². The molecular weight excluding hydrogens is 254 g/mol. The molecule has 1 aliphatic carbocycles. The normalized spacial score (nSPS) is 26.1. The van der Waals surface area contributed by atoms with Crippen LogP contribution >= 0.6 is 11.8 Å². The number of carbonyl (C=O) groups is 2. The fraction of sp³-hybridized carbons (Fsp3) is 0.833. The minimum absolute atomic E-state index is 0.0862. The summed E-state index contributed by atoms with van der Waals surface area (Å²) in [6.07, 6.45) is 4.58. The fourth-order valence-corrected chi connectivity index (χ4v) is 3.45. The first-order valence-electron chi connectivity index (χ1n) is 6.30. The Morgan fingerprint density at radius 3 is 2.61 bits per heavy atom. The summed E-state index contributed by atoms with van der Waals surface area (Å²) >= 11 is 1.45. The number of amides is 1. The molecule has 1 rings (SSSR count). The van der Waals surface area contributed by atoms with E-state index in [4.69, 9.17) is 5.11 Å². The van der Waals surface area contributed by atoms with Crippen LogP contribution in [0.1, 0.15) is 39.0 Å². The fourth-order valence-electron chi connectivity index (χ4n) is 2.09. The summed E-state index contributed by atoms with van der Waals surface area (Å²) < 4.78 is 0. The summed E-state index contributed by atoms with van der Waals surface area (Å²) in [4.78, 5) is 21.9. The molecule has 3 N–H and O–H groups in total. The third-order valence-corrected chi connectivity index (χ3v) is 4.57. The van der Waals surface area contributed by atoms with Crippen molar-refractivity contribution in [3.63, 3.8) is 0 Å². The highest BCUT2D eigenvalue weighted by atomic mass is 32.2. The van der Waals surface area contributed by atoms with Crippen LogP contribution in [0.5, 0.6) is 0 Å². The zero-order chi connectivity index (χ0) is 13.5. The summed E-state index contributed by atoms with van der Waals surface area (Å²) in [6, 6.07) is -0.872. The van der Waals surface area contributed by atoms with Crippen molar-refractivity contribution in [1.82, 2.24) is 5.32 Å². The zero-order valence-electron chi connectivity index (χ0n) is 10.6. The molecule has 0 aliphatic heterocycles. The molecule has 0 heterocycles. The van der Waals surface area contributed by atoms with Crippen LogP contribution in [0.4, 0.5) is 0 Å². The second kappa shape index (κ2) is 7.63. The molecule has 1 saturated carbocycles. The van der Waals surface area contributed by atoms with Gasteiger partial charge >= 0.3 is 5.97 Å². The number of nitrogens with one attached hydrogen (secondary N) is 1. The highest BCUT2D eigenvalue weighted by Crippen LogP contribution is 2.28. The average Bonchev–Trinajstić information content (AvgIpc) is 2.48. The summed E-state index contributed by atoms with van der Waals surface area (Å²) in [5.74, 6) is -1.07. The number of aliphatic hydroxyl groups excluding tert-OH is 1. The van der Waals surface area contributed by atoms with Gasteiger partial charge in [0.25, 0.3) is 0 Å². The molecular formula is C12H21NO4S. The Hall–Kier alpha value is -0.750. The van der Waals surface area contributed by atoms with E-state index in [-0.39, 0.29) is 17.3 Å². The van der Waals surface area contributed by atoms with Gasteiger partial charge in [-0.05, 0) is 12.8 Å². The predicted octanol–water partition coefficient (Wildman–Crippen LogP) is 1.00. The van der Waals surface area contributed by atoms with Gasteiger partial charge in [0, 0.05) is 17.9 Å². The van der Waals surface area contributed by atoms with Crippen molar-refractivity contribution in [3.8, 4) is 0 Å². The van der Waals surface area contributed by atoms with Crippen LogP contribution in [0.3, 0.4) is 0 Å². The molecule has 0 spiro atoms. The van der Waals surface area contributed by atoms with Crippen molar-refractivity contribution >= 4 is 23.6 Å². The Bertz CT molecular complexity index is 298. The lowest BCUT2D eigenvalue weighted by Gasteiger charge is -2.22. The van der Waals surface area contributed by atoms with E-state index in [2.05, 4.69) is 5.32 Å². The molecule has 1 aliphatic rings. The van der Waals surface area contributed by atoms with Crippen LogP contribution in [0, 0.1) is 0 Å². The van der Waals surface area contributed by atoms with Gasteiger partial charge in [0.1, 0.15) is 6.04 Å². The summed E-state index contributed by atoms with van der Waals surface area (Å²) in [5.41, 5.74) is 0. The molecule has 0 radical (unpaired) electrons. The third-order valence-electron chi connectivity index (χ3n) is 3.07. The maximum Gasteiger partial charge on any atom is 0.327 e. The summed E-state index contributed by atoms with van der Waals surface area (Å²) in [6.45, 7) is 1.31. The first-order chi connectivity index (χ1) is 8.50. The number of hydrogen-bond acceptors (Lipinski definition) is 4. The van der Waals surface area contributed by atoms with Crippen LogP contribution in [0.2, 0.25) is 0 Å². The molecule has 0 bridgehead atoms. The molecule has 6 heteroatoms. The molecule has 5 nitrogen and oxygen atoms in total. The van der Waals surface area contributed by atoms with E-state index in [9.17, 15) is 14.7 Å². The van der Waals surface area contributed by atoms with Crippen LogP contribution in [0.15, 0.2) is 0 Å². The molecule has 0 aromatic rings. The van der Waals surface area contributed by atoms with E-state index in [0.717, 1.165) is 32.1 Å². The lowest BCUT2D eigenvalue weighted by Crippen LogP contribution is -2.42. The highest BCUT2D eigenvalue weighted by Gasteiger charge is 2.25. The quantitative estimate of drug-likeness (QED) is 0.652. The van der Waals surface area contributed by atoms with Crippen molar-refractivity contribution in [2.45, 2.75) is 56.4 Å². The van der Waals surface area contributed by atoms with Crippen molar-refractivity contribution in [2.24, 2.45) is 0 Å². The second-order valence-electron chi connectivity index (χ2n) is 4.67. The van der Waals surface area contributed by atoms with Crippen LogP contribution in [0.25, 0.3) is 0 Å². The Kier molecular flexibility index (Phi) is 6.49. The zero-order valence-corrected chi connectivity index (χ0v) is 11.4. The SMILES string of the molecule is CC(=O)N[C@@H](CSC1CCCCCC1O)C(=O)O. The van der Waals surface area contributed by atoms with Crippen LogP contribution in [-0.2, 0) is 9.59 Å². The molecule has 0 saturated heterocycles. The van der Waals surface area contributed by atoms with E-state index in [0.29, 0.717) is 5.75 Å².